The molecule has 2 atom stereocenters. The standard InChI is InChI=1S/C13H15NO3/c1-8-4-10(8)13(15)14-6-9-2-3-11-12(5-9)17-7-16-11/h2-3,5,8,10H,4,6-7H2,1H3,(H,14,15)/t8-,10-/m1/s1. The molecule has 1 heterocycles. The Labute approximate surface area is 99.9 Å². The SMILES string of the molecule is C[C@@H]1C[C@H]1C(=O)NCc1ccc2c(c1)OCO2. The van der Waals surface area contributed by atoms with Crippen LogP contribution in [0.2, 0.25) is 0 Å². The van der Waals surface area contributed by atoms with Gasteiger partial charge in [0.15, 0.2) is 11.5 Å². The van der Waals surface area contributed by atoms with Crippen LogP contribution in [0.1, 0.15) is 18.9 Å². The Balaban J connectivity index is 1.60. The molecule has 90 valence electrons. The zero-order valence-corrected chi connectivity index (χ0v) is 9.73. The molecule has 0 saturated heterocycles. The molecule has 1 N–H and O–H groups in total. The number of nitrogens with one attached hydrogen (secondary N) is 1. The lowest BCUT2D eigenvalue weighted by Crippen LogP contribution is -2.24. The number of hydrogen-bond donors (Lipinski definition) is 1. The highest BCUT2D eigenvalue weighted by molar-refractivity contribution is 5.81. The molecule has 0 spiro atoms. The van der Waals surface area contributed by atoms with Gasteiger partial charge < -0.3 is 14.8 Å². The number of rotatable bonds is 3. The summed E-state index contributed by atoms with van der Waals surface area (Å²) >= 11 is 0. The molecule has 1 aromatic rings. The van der Waals surface area contributed by atoms with Crippen LogP contribution in [0.5, 0.6) is 11.5 Å². The van der Waals surface area contributed by atoms with Crippen molar-refractivity contribution in [3.8, 4) is 11.5 Å². The monoisotopic (exact) mass is 233 g/mol. The van der Waals surface area contributed by atoms with Gasteiger partial charge in [-0.3, -0.25) is 4.79 Å². The summed E-state index contributed by atoms with van der Waals surface area (Å²) < 4.78 is 10.5. The first kappa shape index (κ1) is 10.4. The van der Waals surface area contributed by atoms with Gasteiger partial charge in [0, 0.05) is 12.5 Å². The third-order valence-electron chi connectivity index (χ3n) is 3.35. The van der Waals surface area contributed by atoms with Gasteiger partial charge in [0.2, 0.25) is 12.7 Å². The highest BCUT2D eigenvalue weighted by Gasteiger charge is 2.38. The Kier molecular flexibility index (Phi) is 2.42. The Bertz CT molecular complexity index is 458. The number of ether oxygens (including phenoxy) is 2. The molecule has 0 bridgehead atoms. The maximum absolute atomic E-state index is 11.7. The van der Waals surface area contributed by atoms with Crippen LogP contribution in [0.3, 0.4) is 0 Å². The smallest absolute Gasteiger partial charge is 0.231 e. The summed E-state index contributed by atoms with van der Waals surface area (Å²) in [4.78, 5) is 11.7. The molecule has 0 unspecified atom stereocenters. The quantitative estimate of drug-likeness (QED) is 0.864. The average molecular weight is 233 g/mol. The van der Waals surface area contributed by atoms with E-state index in [9.17, 15) is 4.79 Å². The topological polar surface area (TPSA) is 47.6 Å². The Morgan fingerprint density at radius 2 is 2.18 bits per heavy atom. The van der Waals surface area contributed by atoms with Crippen molar-refractivity contribution in [1.29, 1.82) is 0 Å². The van der Waals surface area contributed by atoms with Gasteiger partial charge >= 0.3 is 0 Å². The first-order valence-electron chi connectivity index (χ1n) is 5.90. The van der Waals surface area contributed by atoms with Crippen molar-refractivity contribution in [2.24, 2.45) is 11.8 Å². The summed E-state index contributed by atoms with van der Waals surface area (Å²) in [5, 5.41) is 2.95. The largest absolute Gasteiger partial charge is 0.454 e. The summed E-state index contributed by atoms with van der Waals surface area (Å²) in [6.45, 7) is 2.94. The van der Waals surface area contributed by atoms with E-state index in [4.69, 9.17) is 9.47 Å². The molecule has 4 nitrogen and oxygen atoms in total. The molecule has 1 amide bonds. The van der Waals surface area contributed by atoms with Crippen LogP contribution in [-0.2, 0) is 11.3 Å². The van der Waals surface area contributed by atoms with Crippen LogP contribution in [0.15, 0.2) is 18.2 Å². The first-order chi connectivity index (χ1) is 8.24. The minimum atomic E-state index is 0.162. The van der Waals surface area contributed by atoms with Crippen molar-refractivity contribution in [3.05, 3.63) is 23.8 Å². The zero-order chi connectivity index (χ0) is 11.8. The molecule has 0 aromatic heterocycles. The van der Waals surface area contributed by atoms with Crippen molar-refractivity contribution in [3.63, 3.8) is 0 Å². The fourth-order valence-electron chi connectivity index (χ4n) is 2.06. The Morgan fingerprint density at radius 3 is 2.94 bits per heavy atom. The number of carbonyl (C=O) groups is 1. The summed E-state index contributed by atoms with van der Waals surface area (Å²) in [5.74, 6) is 2.47. The molecule has 1 fully saturated rings. The third-order valence-corrected chi connectivity index (χ3v) is 3.35. The number of benzene rings is 1. The maximum atomic E-state index is 11.7. The van der Waals surface area contributed by atoms with E-state index in [-0.39, 0.29) is 18.6 Å². The van der Waals surface area contributed by atoms with E-state index in [0.29, 0.717) is 12.5 Å². The van der Waals surface area contributed by atoms with Crippen LogP contribution < -0.4 is 14.8 Å². The van der Waals surface area contributed by atoms with Crippen molar-refractivity contribution in [2.45, 2.75) is 19.9 Å². The van der Waals surface area contributed by atoms with Crippen LogP contribution in [0.4, 0.5) is 0 Å². The maximum Gasteiger partial charge on any atom is 0.231 e. The molecule has 1 aliphatic heterocycles. The molecular weight excluding hydrogens is 218 g/mol. The fourth-order valence-corrected chi connectivity index (χ4v) is 2.06. The molecule has 1 aromatic carbocycles. The van der Waals surface area contributed by atoms with Gasteiger partial charge in [0.05, 0.1) is 0 Å². The van der Waals surface area contributed by atoms with E-state index in [0.717, 1.165) is 23.5 Å². The summed E-state index contributed by atoms with van der Waals surface area (Å²) in [6.07, 6.45) is 1.02. The molecule has 1 saturated carbocycles. The molecular formula is C13H15NO3. The van der Waals surface area contributed by atoms with E-state index < -0.39 is 0 Å². The molecule has 2 aliphatic rings. The van der Waals surface area contributed by atoms with Crippen LogP contribution >= 0.6 is 0 Å². The van der Waals surface area contributed by atoms with Gasteiger partial charge in [-0.1, -0.05) is 13.0 Å². The summed E-state index contributed by atoms with van der Waals surface area (Å²) in [7, 11) is 0. The second-order valence-electron chi connectivity index (χ2n) is 4.72. The van der Waals surface area contributed by atoms with Crippen molar-refractivity contribution < 1.29 is 14.3 Å². The van der Waals surface area contributed by atoms with E-state index in [1.807, 2.05) is 18.2 Å². The van der Waals surface area contributed by atoms with E-state index >= 15 is 0 Å². The lowest BCUT2D eigenvalue weighted by atomic mass is 10.2. The predicted octanol–water partition coefficient (Wildman–Crippen LogP) is 1.69. The van der Waals surface area contributed by atoms with E-state index in [2.05, 4.69) is 12.2 Å². The molecule has 17 heavy (non-hydrogen) atoms. The Hall–Kier alpha value is -1.71. The lowest BCUT2D eigenvalue weighted by molar-refractivity contribution is -0.122. The van der Waals surface area contributed by atoms with Gasteiger partial charge in [0.25, 0.3) is 0 Å². The van der Waals surface area contributed by atoms with Gasteiger partial charge in [-0.25, -0.2) is 0 Å². The van der Waals surface area contributed by atoms with Crippen molar-refractivity contribution in [2.75, 3.05) is 6.79 Å². The highest BCUT2D eigenvalue weighted by atomic mass is 16.7. The molecule has 4 heteroatoms. The Morgan fingerprint density at radius 1 is 1.41 bits per heavy atom. The fraction of sp³-hybridized carbons (Fsp3) is 0.462. The van der Waals surface area contributed by atoms with Gasteiger partial charge in [-0.2, -0.15) is 0 Å². The second kappa shape index (κ2) is 3.95. The number of amides is 1. The van der Waals surface area contributed by atoms with Crippen LogP contribution in [0.25, 0.3) is 0 Å². The molecule has 3 rings (SSSR count). The van der Waals surface area contributed by atoms with Crippen molar-refractivity contribution >= 4 is 5.91 Å². The van der Waals surface area contributed by atoms with Crippen LogP contribution in [-0.4, -0.2) is 12.7 Å². The van der Waals surface area contributed by atoms with Gasteiger partial charge in [-0.15, -0.1) is 0 Å². The summed E-state index contributed by atoms with van der Waals surface area (Å²) in [6, 6.07) is 5.74. The van der Waals surface area contributed by atoms with E-state index in [1.165, 1.54) is 0 Å². The highest BCUT2D eigenvalue weighted by Crippen LogP contribution is 2.37. The third kappa shape index (κ3) is 2.07. The number of carbonyl (C=O) groups excluding carboxylic acids is 1. The van der Waals surface area contributed by atoms with E-state index in [1.54, 1.807) is 0 Å². The summed E-state index contributed by atoms with van der Waals surface area (Å²) in [5.41, 5.74) is 1.04. The lowest BCUT2D eigenvalue weighted by Gasteiger charge is -2.05. The predicted molar refractivity (Wildman–Crippen MR) is 61.7 cm³/mol. The average Bonchev–Trinajstić information content (AvgIpc) is 2.90. The van der Waals surface area contributed by atoms with Crippen molar-refractivity contribution in [1.82, 2.24) is 5.32 Å². The second-order valence-corrected chi connectivity index (χ2v) is 4.72. The number of fused-ring (bicyclic) bond motifs is 1. The first-order valence-corrected chi connectivity index (χ1v) is 5.90. The zero-order valence-electron chi connectivity index (χ0n) is 9.73. The normalized spacial score (nSPS) is 24.5. The van der Waals surface area contributed by atoms with Gasteiger partial charge in [-0.05, 0) is 30.0 Å². The molecule has 1 aliphatic carbocycles. The minimum absolute atomic E-state index is 0.162. The van der Waals surface area contributed by atoms with Gasteiger partial charge in [0.1, 0.15) is 0 Å². The molecule has 0 radical (unpaired) electrons. The number of hydrogen-bond acceptors (Lipinski definition) is 3. The van der Waals surface area contributed by atoms with Crippen LogP contribution in [0, 0.1) is 11.8 Å². The minimum Gasteiger partial charge on any atom is -0.454 e.